The number of benzene rings is 2. The van der Waals surface area contributed by atoms with E-state index in [0.717, 1.165) is 23.2 Å². The van der Waals surface area contributed by atoms with Crippen LogP contribution in [0.2, 0.25) is 5.02 Å². The number of ether oxygens (including phenoxy) is 2. The molecule has 3 rings (SSSR count). The highest BCUT2D eigenvalue weighted by Gasteiger charge is 2.12. The van der Waals surface area contributed by atoms with Crippen molar-refractivity contribution < 1.29 is 24.2 Å². The van der Waals surface area contributed by atoms with Crippen LogP contribution in [-0.2, 0) is 6.54 Å². The first-order valence-corrected chi connectivity index (χ1v) is 11.6. The van der Waals surface area contributed by atoms with E-state index >= 15 is 0 Å². The number of carbonyl (C=O) groups is 2. The molecule has 0 fully saturated rings. The van der Waals surface area contributed by atoms with Gasteiger partial charge in [-0.2, -0.15) is 0 Å². The Hall–Kier alpha value is -3.82. The molecule has 0 unspecified atom stereocenters. The van der Waals surface area contributed by atoms with Gasteiger partial charge in [0, 0.05) is 36.4 Å². The van der Waals surface area contributed by atoms with Crippen molar-refractivity contribution >= 4 is 29.3 Å². The number of urea groups is 1. The molecule has 2 amide bonds. The maximum atomic E-state index is 12.6. The summed E-state index contributed by atoms with van der Waals surface area (Å²) in [5.74, 6) is 0.319. The number of rotatable bonds is 10. The predicted octanol–water partition coefficient (Wildman–Crippen LogP) is 5.10. The average molecular weight is 513 g/mol. The van der Waals surface area contributed by atoms with E-state index in [4.69, 9.17) is 26.2 Å². The molecule has 9 nitrogen and oxygen atoms in total. The molecule has 1 aromatic heterocycles. The highest BCUT2D eigenvalue weighted by atomic mass is 35.5. The second-order valence-electron chi connectivity index (χ2n) is 8.44. The highest BCUT2D eigenvalue weighted by molar-refractivity contribution is 6.31. The van der Waals surface area contributed by atoms with E-state index in [-0.39, 0.29) is 18.3 Å². The summed E-state index contributed by atoms with van der Waals surface area (Å²) in [6, 6.07) is 11.5. The third-order valence-corrected chi connectivity index (χ3v) is 5.58. The number of aromatic carboxylic acids is 1. The van der Waals surface area contributed by atoms with E-state index in [1.54, 1.807) is 24.3 Å². The van der Waals surface area contributed by atoms with Crippen molar-refractivity contribution in [1.82, 2.24) is 15.2 Å². The van der Waals surface area contributed by atoms with Crippen molar-refractivity contribution in [3.8, 4) is 17.2 Å². The van der Waals surface area contributed by atoms with Crippen molar-refractivity contribution in [1.29, 1.82) is 0 Å². The van der Waals surface area contributed by atoms with Crippen molar-refractivity contribution in [2.75, 3.05) is 32.6 Å². The number of hydrogen-bond donors (Lipinski definition) is 3. The number of aromatic nitrogens is 1. The van der Waals surface area contributed by atoms with Crippen molar-refractivity contribution in [2.24, 2.45) is 0 Å². The van der Waals surface area contributed by atoms with Crippen LogP contribution in [0.25, 0.3) is 0 Å². The minimum Gasteiger partial charge on any atom is -0.490 e. The van der Waals surface area contributed by atoms with Crippen LogP contribution in [0.1, 0.15) is 27.2 Å². The summed E-state index contributed by atoms with van der Waals surface area (Å²) in [5, 5.41) is 15.3. The molecule has 0 aliphatic carbocycles. The fraction of sp³-hybridized carbons (Fsp3) is 0.269. The van der Waals surface area contributed by atoms with Gasteiger partial charge < -0.3 is 30.1 Å². The fourth-order valence-corrected chi connectivity index (χ4v) is 3.38. The second-order valence-corrected chi connectivity index (χ2v) is 8.85. The van der Waals surface area contributed by atoms with Crippen LogP contribution in [0, 0.1) is 13.8 Å². The summed E-state index contributed by atoms with van der Waals surface area (Å²) in [4.78, 5) is 29.5. The molecule has 1 heterocycles. The van der Waals surface area contributed by atoms with Crippen LogP contribution in [0.3, 0.4) is 0 Å². The molecular formula is C26H29ClN4O5. The zero-order chi connectivity index (χ0) is 26.2. The summed E-state index contributed by atoms with van der Waals surface area (Å²) < 4.78 is 11.6. The van der Waals surface area contributed by atoms with Gasteiger partial charge in [0.25, 0.3) is 0 Å². The number of likely N-dealkylation sites (N-methyl/N-ethyl adjacent to an activating group) is 1. The predicted molar refractivity (Wildman–Crippen MR) is 139 cm³/mol. The van der Waals surface area contributed by atoms with Gasteiger partial charge in [-0.05, 0) is 62.8 Å². The number of nitrogens with zero attached hydrogens (tertiary/aromatic N) is 2. The monoisotopic (exact) mass is 512 g/mol. The van der Waals surface area contributed by atoms with E-state index in [2.05, 4.69) is 15.6 Å². The summed E-state index contributed by atoms with van der Waals surface area (Å²) in [6.45, 7) is 5.18. The van der Waals surface area contributed by atoms with Gasteiger partial charge in [0.15, 0.2) is 5.69 Å². The largest absolute Gasteiger partial charge is 0.490 e. The quantitative estimate of drug-likeness (QED) is 0.346. The van der Waals surface area contributed by atoms with Crippen LogP contribution < -0.4 is 20.1 Å². The van der Waals surface area contributed by atoms with E-state index in [1.165, 1.54) is 12.3 Å². The average Bonchev–Trinajstić information content (AvgIpc) is 2.82. The van der Waals surface area contributed by atoms with Gasteiger partial charge in [-0.25, -0.2) is 14.6 Å². The van der Waals surface area contributed by atoms with Crippen molar-refractivity contribution in [2.45, 2.75) is 20.4 Å². The number of pyridine rings is 1. The minimum absolute atomic E-state index is 0.0980. The Labute approximate surface area is 215 Å². The lowest BCUT2D eigenvalue weighted by atomic mass is 10.1. The lowest BCUT2D eigenvalue weighted by molar-refractivity contribution is 0.0690. The third kappa shape index (κ3) is 7.59. The van der Waals surface area contributed by atoms with Crippen LogP contribution in [0.5, 0.6) is 17.2 Å². The third-order valence-electron chi connectivity index (χ3n) is 5.18. The Kier molecular flexibility index (Phi) is 9.10. The molecule has 0 bridgehead atoms. The Morgan fingerprint density at radius 1 is 1.06 bits per heavy atom. The molecule has 3 aromatic rings. The molecule has 0 saturated heterocycles. The highest BCUT2D eigenvalue weighted by Crippen LogP contribution is 2.31. The van der Waals surface area contributed by atoms with Crippen LogP contribution in [-0.4, -0.2) is 54.2 Å². The van der Waals surface area contributed by atoms with E-state index < -0.39 is 5.97 Å². The van der Waals surface area contributed by atoms with Gasteiger partial charge in [0.05, 0.1) is 5.69 Å². The number of carbonyl (C=O) groups excluding carboxylic acids is 1. The molecule has 0 spiro atoms. The van der Waals surface area contributed by atoms with Gasteiger partial charge in [-0.1, -0.05) is 23.7 Å². The smallest absolute Gasteiger partial charge is 0.354 e. The number of nitrogens with one attached hydrogen (secondary N) is 2. The number of halogens is 1. The Balaban J connectivity index is 1.61. The molecular weight excluding hydrogens is 484 g/mol. The number of amides is 2. The first kappa shape index (κ1) is 26.8. The molecule has 190 valence electrons. The molecule has 0 radical (unpaired) electrons. The summed E-state index contributed by atoms with van der Waals surface area (Å²) in [7, 11) is 3.90. The molecule has 2 aromatic carbocycles. The van der Waals surface area contributed by atoms with Gasteiger partial charge in [0.1, 0.15) is 23.9 Å². The Morgan fingerprint density at radius 2 is 1.83 bits per heavy atom. The number of carboxylic acid groups (broad SMARTS) is 1. The first-order valence-electron chi connectivity index (χ1n) is 11.2. The topological polar surface area (TPSA) is 113 Å². The van der Waals surface area contributed by atoms with E-state index in [1.807, 2.05) is 45.0 Å². The molecule has 36 heavy (non-hydrogen) atoms. The molecule has 0 saturated carbocycles. The number of hydrogen-bond acceptors (Lipinski definition) is 6. The van der Waals surface area contributed by atoms with Gasteiger partial charge >= 0.3 is 12.0 Å². The van der Waals surface area contributed by atoms with Gasteiger partial charge in [0.2, 0.25) is 0 Å². The Bertz CT molecular complexity index is 1250. The molecule has 0 aliphatic rings. The molecule has 3 N–H and O–H groups in total. The standard InChI is InChI=1S/C26H29ClN4O5/c1-16-12-21(24(14-20(16)27)35-10-9-31(3)4)30-26(34)29-15-18-5-6-23(17(2)11-18)36-19-7-8-28-22(13-19)25(32)33/h5-8,11-14H,9-10,15H2,1-4H3,(H,32,33)(H2,29,30,34). The van der Waals surface area contributed by atoms with E-state index in [9.17, 15) is 9.59 Å². The van der Waals surface area contributed by atoms with Crippen LogP contribution in [0.4, 0.5) is 10.5 Å². The molecule has 0 aliphatic heterocycles. The minimum atomic E-state index is -1.13. The van der Waals surface area contributed by atoms with Crippen molar-refractivity contribution in [3.05, 3.63) is 76.1 Å². The maximum Gasteiger partial charge on any atom is 0.354 e. The number of anilines is 1. The van der Waals surface area contributed by atoms with Crippen molar-refractivity contribution in [3.63, 3.8) is 0 Å². The zero-order valence-electron chi connectivity index (χ0n) is 20.6. The zero-order valence-corrected chi connectivity index (χ0v) is 21.3. The lowest BCUT2D eigenvalue weighted by Gasteiger charge is -2.16. The fourth-order valence-electron chi connectivity index (χ4n) is 3.22. The number of carboxylic acids is 1. The summed E-state index contributed by atoms with van der Waals surface area (Å²) in [6.07, 6.45) is 1.38. The van der Waals surface area contributed by atoms with Gasteiger partial charge in [-0.3, -0.25) is 0 Å². The SMILES string of the molecule is Cc1cc(NC(=O)NCc2ccc(Oc3ccnc(C(=O)O)c3)c(C)c2)c(OCCN(C)C)cc1Cl. The Morgan fingerprint density at radius 3 is 2.53 bits per heavy atom. The molecule has 10 heteroatoms. The molecule has 0 atom stereocenters. The second kappa shape index (κ2) is 12.2. The summed E-state index contributed by atoms with van der Waals surface area (Å²) in [5.41, 5.74) is 2.95. The lowest BCUT2D eigenvalue weighted by Crippen LogP contribution is -2.28. The van der Waals surface area contributed by atoms with Crippen LogP contribution >= 0.6 is 11.6 Å². The first-order chi connectivity index (χ1) is 17.1. The van der Waals surface area contributed by atoms with Crippen LogP contribution in [0.15, 0.2) is 48.7 Å². The number of aryl methyl sites for hydroxylation is 2. The normalized spacial score (nSPS) is 10.7. The van der Waals surface area contributed by atoms with Gasteiger partial charge in [-0.15, -0.1) is 0 Å². The maximum absolute atomic E-state index is 12.6. The van der Waals surface area contributed by atoms with E-state index in [0.29, 0.717) is 34.6 Å². The summed E-state index contributed by atoms with van der Waals surface area (Å²) >= 11 is 6.25.